The van der Waals surface area contributed by atoms with Gasteiger partial charge in [-0.2, -0.15) is 0 Å². The fourth-order valence-electron chi connectivity index (χ4n) is 1.66. The van der Waals surface area contributed by atoms with Crippen molar-refractivity contribution in [1.29, 1.82) is 0 Å². The number of nitrogens with zero attached hydrogens (tertiary/aromatic N) is 3. The predicted octanol–water partition coefficient (Wildman–Crippen LogP) is 2.92. The zero-order valence-electron chi connectivity index (χ0n) is 11.7. The normalized spacial score (nSPS) is 11.7. The van der Waals surface area contributed by atoms with Crippen LogP contribution in [0.15, 0.2) is 24.5 Å². The maximum atomic E-state index is 4.24. The molecule has 2 aromatic heterocycles. The molecule has 4 nitrogen and oxygen atoms in total. The van der Waals surface area contributed by atoms with Gasteiger partial charge in [0.05, 0.1) is 0 Å². The van der Waals surface area contributed by atoms with Crippen molar-refractivity contribution in [2.45, 2.75) is 39.2 Å². The Morgan fingerprint density at radius 2 is 2.11 bits per heavy atom. The summed E-state index contributed by atoms with van der Waals surface area (Å²) in [4.78, 5) is 4.10. The van der Waals surface area contributed by atoms with E-state index in [4.69, 9.17) is 0 Å². The molecular formula is C14H20N4S. The van der Waals surface area contributed by atoms with Crippen molar-refractivity contribution in [3.05, 3.63) is 29.5 Å². The fourth-order valence-corrected chi connectivity index (χ4v) is 2.54. The summed E-state index contributed by atoms with van der Waals surface area (Å²) >= 11 is 1.65. The Labute approximate surface area is 118 Å². The molecule has 2 aromatic rings. The van der Waals surface area contributed by atoms with E-state index in [1.165, 1.54) is 0 Å². The lowest BCUT2D eigenvalue weighted by molar-refractivity contribution is 0.422. The Bertz CT molecular complexity index is 502. The van der Waals surface area contributed by atoms with Gasteiger partial charge in [0.15, 0.2) is 0 Å². The zero-order chi connectivity index (χ0) is 13.7. The van der Waals surface area contributed by atoms with Crippen molar-refractivity contribution in [3.8, 4) is 10.6 Å². The molecule has 102 valence electrons. The largest absolute Gasteiger partial charge is 0.312 e. The van der Waals surface area contributed by atoms with Gasteiger partial charge in [0.2, 0.25) is 0 Å². The molecule has 1 N–H and O–H groups in total. The number of hydrogen-bond acceptors (Lipinski definition) is 5. The van der Waals surface area contributed by atoms with E-state index >= 15 is 0 Å². The zero-order valence-corrected chi connectivity index (χ0v) is 12.5. The molecule has 0 fully saturated rings. The Morgan fingerprint density at radius 1 is 1.26 bits per heavy atom. The number of aromatic nitrogens is 3. The minimum atomic E-state index is 0.183. The molecule has 0 saturated heterocycles. The Balaban J connectivity index is 1.85. The van der Waals surface area contributed by atoms with Gasteiger partial charge in [0.1, 0.15) is 10.0 Å². The van der Waals surface area contributed by atoms with Gasteiger partial charge in [-0.15, -0.1) is 10.2 Å². The SMILES string of the molecule is CC(C)(C)NCCCc1nnc(-c2cccnc2)s1. The van der Waals surface area contributed by atoms with Gasteiger partial charge in [-0.1, -0.05) is 11.3 Å². The van der Waals surface area contributed by atoms with Crippen LogP contribution in [0.4, 0.5) is 0 Å². The molecule has 5 heteroatoms. The molecule has 0 aromatic carbocycles. The van der Waals surface area contributed by atoms with Gasteiger partial charge in [-0.25, -0.2) is 0 Å². The van der Waals surface area contributed by atoms with E-state index in [1.807, 2.05) is 18.3 Å². The molecule has 0 spiro atoms. The molecule has 0 aliphatic heterocycles. The van der Waals surface area contributed by atoms with E-state index in [0.29, 0.717) is 0 Å². The van der Waals surface area contributed by atoms with E-state index in [2.05, 4.69) is 41.3 Å². The number of hydrogen-bond donors (Lipinski definition) is 1. The average Bonchev–Trinajstić information content (AvgIpc) is 2.83. The highest BCUT2D eigenvalue weighted by Crippen LogP contribution is 2.22. The van der Waals surface area contributed by atoms with Crippen LogP contribution in [0.3, 0.4) is 0 Å². The van der Waals surface area contributed by atoms with E-state index in [1.54, 1.807) is 17.5 Å². The molecule has 0 aliphatic rings. The minimum Gasteiger partial charge on any atom is -0.312 e. The summed E-state index contributed by atoms with van der Waals surface area (Å²) in [5, 5.41) is 14.0. The van der Waals surface area contributed by atoms with Crippen LogP contribution < -0.4 is 5.32 Å². The Hall–Kier alpha value is -1.33. The maximum absolute atomic E-state index is 4.24. The first kappa shape index (κ1) is 14.1. The van der Waals surface area contributed by atoms with Crippen LogP contribution in [0.5, 0.6) is 0 Å². The van der Waals surface area contributed by atoms with Crippen LogP contribution in [-0.2, 0) is 6.42 Å². The summed E-state index contributed by atoms with van der Waals surface area (Å²) in [5.74, 6) is 0. The number of nitrogens with one attached hydrogen (secondary N) is 1. The van der Waals surface area contributed by atoms with E-state index in [0.717, 1.165) is 35.0 Å². The highest BCUT2D eigenvalue weighted by molar-refractivity contribution is 7.14. The van der Waals surface area contributed by atoms with E-state index in [-0.39, 0.29) is 5.54 Å². The molecule has 0 amide bonds. The van der Waals surface area contributed by atoms with Crippen LogP contribution >= 0.6 is 11.3 Å². The van der Waals surface area contributed by atoms with Crippen molar-refractivity contribution >= 4 is 11.3 Å². The summed E-state index contributed by atoms with van der Waals surface area (Å²) in [5.41, 5.74) is 1.22. The van der Waals surface area contributed by atoms with Crippen molar-refractivity contribution in [2.24, 2.45) is 0 Å². The second-order valence-corrected chi connectivity index (χ2v) is 6.59. The quantitative estimate of drug-likeness (QED) is 0.853. The standard InChI is InChI=1S/C14H20N4S/c1-14(2,3)16-9-5-7-12-17-18-13(19-12)11-6-4-8-15-10-11/h4,6,8,10,16H,5,7,9H2,1-3H3. The van der Waals surface area contributed by atoms with Gasteiger partial charge in [0.25, 0.3) is 0 Å². The van der Waals surface area contributed by atoms with Gasteiger partial charge in [0, 0.05) is 29.9 Å². The smallest absolute Gasteiger partial charge is 0.149 e. The molecule has 0 bridgehead atoms. The number of rotatable bonds is 5. The van der Waals surface area contributed by atoms with Gasteiger partial charge in [-0.05, 0) is 45.9 Å². The first-order valence-electron chi connectivity index (χ1n) is 6.52. The van der Waals surface area contributed by atoms with Gasteiger partial charge < -0.3 is 5.32 Å². The average molecular weight is 276 g/mol. The molecular weight excluding hydrogens is 256 g/mol. The molecule has 19 heavy (non-hydrogen) atoms. The first-order chi connectivity index (χ1) is 9.04. The minimum absolute atomic E-state index is 0.183. The van der Waals surface area contributed by atoms with Crippen molar-refractivity contribution in [3.63, 3.8) is 0 Å². The monoisotopic (exact) mass is 276 g/mol. The Kier molecular flexibility index (Phi) is 4.61. The molecule has 2 rings (SSSR count). The number of pyridine rings is 1. The van der Waals surface area contributed by atoms with Crippen LogP contribution in [0, 0.1) is 0 Å². The van der Waals surface area contributed by atoms with Crippen LogP contribution in [0.1, 0.15) is 32.2 Å². The molecule has 2 heterocycles. The summed E-state index contributed by atoms with van der Waals surface area (Å²) in [6.45, 7) is 7.54. The summed E-state index contributed by atoms with van der Waals surface area (Å²) in [6.07, 6.45) is 5.65. The van der Waals surface area contributed by atoms with E-state index < -0.39 is 0 Å². The van der Waals surface area contributed by atoms with Crippen LogP contribution in [-0.4, -0.2) is 27.3 Å². The molecule has 0 atom stereocenters. The molecule has 0 radical (unpaired) electrons. The Morgan fingerprint density at radius 3 is 2.79 bits per heavy atom. The summed E-state index contributed by atoms with van der Waals surface area (Å²) in [6, 6.07) is 3.93. The van der Waals surface area contributed by atoms with Gasteiger partial charge in [-0.3, -0.25) is 4.98 Å². The third-order valence-electron chi connectivity index (χ3n) is 2.60. The maximum Gasteiger partial charge on any atom is 0.149 e. The highest BCUT2D eigenvalue weighted by atomic mass is 32.1. The first-order valence-corrected chi connectivity index (χ1v) is 7.34. The fraction of sp³-hybridized carbons (Fsp3) is 0.500. The molecule has 0 unspecified atom stereocenters. The van der Waals surface area contributed by atoms with Gasteiger partial charge >= 0.3 is 0 Å². The van der Waals surface area contributed by atoms with E-state index in [9.17, 15) is 0 Å². The van der Waals surface area contributed by atoms with Crippen molar-refractivity contribution in [1.82, 2.24) is 20.5 Å². The highest BCUT2D eigenvalue weighted by Gasteiger charge is 2.09. The van der Waals surface area contributed by atoms with Crippen molar-refractivity contribution in [2.75, 3.05) is 6.54 Å². The predicted molar refractivity (Wildman–Crippen MR) is 79.2 cm³/mol. The lowest BCUT2D eigenvalue weighted by atomic mass is 10.1. The number of aryl methyl sites for hydroxylation is 1. The summed E-state index contributed by atoms with van der Waals surface area (Å²) in [7, 11) is 0. The van der Waals surface area contributed by atoms with Crippen LogP contribution in [0.25, 0.3) is 10.6 Å². The molecule has 0 aliphatic carbocycles. The third-order valence-corrected chi connectivity index (χ3v) is 3.63. The third kappa shape index (κ3) is 4.69. The lowest BCUT2D eigenvalue weighted by Crippen LogP contribution is -2.36. The summed E-state index contributed by atoms with van der Waals surface area (Å²) < 4.78 is 0. The lowest BCUT2D eigenvalue weighted by Gasteiger charge is -2.20. The second kappa shape index (κ2) is 6.21. The van der Waals surface area contributed by atoms with Crippen molar-refractivity contribution < 1.29 is 0 Å². The molecule has 0 saturated carbocycles. The topological polar surface area (TPSA) is 50.7 Å². The van der Waals surface area contributed by atoms with Crippen LogP contribution in [0.2, 0.25) is 0 Å². The second-order valence-electron chi connectivity index (χ2n) is 5.52.